The highest BCUT2D eigenvalue weighted by atomic mass is 32.2. The summed E-state index contributed by atoms with van der Waals surface area (Å²) in [6, 6.07) is 2.79. The van der Waals surface area contributed by atoms with Crippen LogP contribution in [0.1, 0.15) is 26.7 Å². The fourth-order valence-corrected chi connectivity index (χ4v) is 3.08. The summed E-state index contributed by atoms with van der Waals surface area (Å²) in [5.74, 6) is 0. The quantitative estimate of drug-likeness (QED) is 0.585. The Bertz CT molecular complexity index is 700. The van der Waals surface area contributed by atoms with Gasteiger partial charge in [0.25, 0.3) is 9.84 Å². The molecule has 1 heterocycles. The number of rotatable bonds is 3. The first-order valence-corrected chi connectivity index (χ1v) is 7.84. The Hall–Kier alpha value is -2.00. The van der Waals surface area contributed by atoms with Crippen molar-refractivity contribution in [3.8, 4) is 12.1 Å². The van der Waals surface area contributed by atoms with Gasteiger partial charge in [0.1, 0.15) is 12.1 Å². The predicted octanol–water partition coefficient (Wildman–Crippen LogP) is 2.61. The molecule has 9 heteroatoms. The summed E-state index contributed by atoms with van der Waals surface area (Å²) in [5, 5.41) is 18.0. The number of alkyl halides is 3. The zero-order valence-electron chi connectivity index (χ0n) is 12.0. The molecule has 1 saturated heterocycles. The van der Waals surface area contributed by atoms with E-state index in [9.17, 15) is 26.9 Å². The van der Waals surface area contributed by atoms with Crippen LogP contribution in [0.25, 0.3) is 0 Å². The molecule has 0 amide bonds. The second-order valence-corrected chi connectivity index (χ2v) is 6.66. The molecule has 5 nitrogen and oxygen atoms in total. The van der Waals surface area contributed by atoms with Crippen LogP contribution in [-0.4, -0.2) is 31.9 Å². The maximum atomic E-state index is 12.6. The van der Waals surface area contributed by atoms with Crippen molar-refractivity contribution in [1.29, 1.82) is 10.5 Å². The Balaban J connectivity index is 3.52. The number of nitriles is 2. The molecule has 0 bridgehead atoms. The van der Waals surface area contributed by atoms with Gasteiger partial charge >= 0.3 is 5.51 Å². The highest BCUT2D eigenvalue weighted by molar-refractivity contribution is 7.96. The molecule has 120 valence electrons. The minimum absolute atomic E-state index is 0.216. The monoisotopic (exact) mass is 333 g/mol. The fraction of sp³-hybridized carbons (Fsp3) is 0.538. The predicted molar refractivity (Wildman–Crippen MR) is 72.4 cm³/mol. The highest BCUT2D eigenvalue weighted by Gasteiger charge is 2.49. The number of hydrogen-bond donors (Lipinski definition) is 0. The molecule has 0 atom stereocenters. The van der Waals surface area contributed by atoms with Crippen molar-refractivity contribution in [3.63, 3.8) is 0 Å². The second kappa shape index (κ2) is 6.41. The van der Waals surface area contributed by atoms with E-state index in [0.29, 0.717) is 18.8 Å². The molecule has 1 aliphatic rings. The zero-order chi connectivity index (χ0) is 17.1. The van der Waals surface area contributed by atoms with Crippen LogP contribution in [0.2, 0.25) is 0 Å². The lowest BCUT2D eigenvalue weighted by molar-refractivity contribution is -0.0425. The maximum absolute atomic E-state index is 12.6. The molecule has 1 fully saturated rings. The van der Waals surface area contributed by atoms with Gasteiger partial charge in [-0.25, -0.2) is 8.42 Å². The van der Waals surface area contributed by atoms with Crippen LogP contribution >= 0.6 is 0 Å². The van der Waals surface area contributed by atoms with Crippen LogP contribution in [0.3, 0.4) is 0 Å². The van der Waals surface area contributed by atoms with Crippen LogP contribution in [0.15, 0.2) is 21.7 Å². The highest BCUT2D eigenvalue weighted by Crippen LogP contribution is 2.33. The third kappa shape index (κ3) is 3.25. The Morgan fingerprint density at radius 3 is 1.95 bits per heavy atom. The summed E-state index contributed by atoms with van der Waals surface area (Å²) in [6.45, 7) is 3.85. The van der Waals surface area contributed by atoms with E-state index in [4.69, 9.17) is 5.26 Å². The van der Waals surface area contributed by atoms with Crippen LogP contribution in [0, 0.1) is 22.7 Å². The summed E-state index contributed by atoms with van der Waals surface area (Å²) in [5.41, 5.74) is -5.90. The van der Waals surface area contributed by atoms with Gasteiger partial charge in [0, 0.05) is 18.8 Å². The third-order valence-electron chi connectivity index (χ3n) is 3.44. The summed E-state index contributed by atoms with van der Waals surface area (Å²) in [6.07, 6.45) is 1.76. The van der Waals surface area contributed by atoms with Gasteiger partial charge in [0.2, 0.25) is 0 Å². The average molecular weight is 333 g/mol. The molecule has 0 aliphatic carbocycles. The van der Waals surface area contributed by atoms with E-state index < -0.39 is 25.8 Å². The molecule has 0 saturated carbocycles. The molecule has 0 aromatic rings. The standard InChI is InChI=1S/C13H14F3N3O2S/c1-9(12(8-18)22(20,21)13(14,15)16)11(7-17)10(2)19-5-3-4-6-19/h3-6H2,1-2H3/b11-10+,12-9-. The molecule has 0 radical (unpaired) electrons. The lowest BCUT2D eigenvalue weighted by Crippen LogP contribution is -2.25. The summed E-state index contributed by atoms with van der Waals surface area (Å²) in [4.78, 5) is 0.354. The fourth-order valence-electron chi connectivity index (χ4n) is 2.22. The molecular weight excluding hydrogens is 319 g/mol. The van der Waals surface area contributed by atoms with Gasteiger partial charge in [-0.1, -0.05) is 0 Å². The van der Waals surface area contributed by atoms with Gasteiger partial charge in [-0.2, -0.15) is 23.7 Å². The Morgan fingerprint density at radius 2 is 1.59 bits per heavy atom. The largest absolute Gasteiger partial charge is 0.502 e. The molecule has 0 aromatic heterocycles. The van der Waals surface area contributed by atoms with E-state index in [1.165, 1.54) is 6.92 Å². The van der Waals surface area contributed by atoms with Crippen molar-refractivity contribution in [1.82, 2.24) is 4.90 Å². The number of likely N-dealkylation sites (tertiary alicyclic amines) is 1. The Kier molecular flexibility index (Phi) is 5.26. The van der Waals surface area contributed by atoms with Gasteiger partial charge in [-0.05, 0) is 32.3 Å². The van der Waals surface area contributed by atoms with E-state index >= 15 is 0 Å². The Labute approximate surface area is 126 Å². The van der Waals surface area contributed by atoms with Crippen molar-refractivity contribution < 1.29 is 21.6 Å². The van der Waals surface area contributed by atoms with Crippen LogP contribution in [0.4, 0.5) is 13.2 Å². The average Bonchev–Trinajstić information content (AvgIpc) is 2.92. The van der Waals surface area contributed by atoms with Gasteiger partial charge in [0.15, 0.2) is 4.91 Å². The van der Waals surface area contributed by atoms with Crippen molar-refractivity contribution in [2.45, 2.75) is 32.2 Å². The minimum Gasteiger partial charge on any atom is -0.374 e. The topological polar surface area (TPSA) is 85.0 Å². The number of allylic oxidation sites excluding steroid dienone is 4. The third-order valence-corrected chi connectivity index (χ3v) is 4.99. The van der Waals surface area contributed by atoms with E-state index in [2.05, 4.69) is 0 Å². The number of halogens is 3. The van der Waals surface area contributed by atoms with E-state index in [-0.39, 0.29) is 5.57 Å². The molecule has 0 aromatic carbocycles. The van der Waals surface area contributed by atoms with E-state index in [1.807, 2.05) is 0 Å². The summed E-state index contributed by atoms with van der Waals surface area (Å²) < 4.78 is 60.7. The lowest BCUT2D eigenvalue weighted by atomic mass is 10.1. The van der Waals surface area contributed by atoms with Gasteiger partial charge in [-0.3, -0.25) is 0 Å². The second-order valence-electron chi connectivity index (χ2n) is 4.78. The van der Waals surface area contributed by atoms with Crippen LogP contribution in [0.5, 0.6) is 0 Å². The smallest absolute Gasteiger partial charge is 0.374 e. The number of sulfone groups is 1. The van der Waals surface area contributed by atoms with Crippen LogP contribution in [-0.2, 0) is 9.84 Å². The molecule has 1 rings (SSSR count). The molecule has 0 N–H and O–H groups in total. The summed E-state index contributed by atoms with van der Waals surface area (Å²) >= 11 is 0. The number of nitrogens with zero attached hydrogens (tertiary/aromatic N) is 3. The first kappa shape index (κ1) is 18.1. The normalized spacial score (nSPS) is 18.2. The van der Waals surface area contributed by atoms with Crippen molar-refractivity contribution in [3.05, 3.63) is 21.7 Å². The zero-order valence-corrected chi connectivity index (χ0v) is 12.8. The van der Waals surface area contributed by atoms with Gasteiger partial charge in [0.05, 0.1) is 5.57 Å². The van der Waals surface area contributed by atoms with Gasteiger partial charge in [-0.15, -0.1) is 0 Å². The maximum Gasteiger partial charge on any atom is 0.502 e. The minimum atomic E-state index is -5.79. The molecule has 22 heavy (non-hydrogen) atoms. The van der Waals surface area contributed by atoms with Gasteiger partial charge < -0.3 is 4.90 Å². The van der Waals surface area contributed by atoms with Crippen molar-refractivity contribution in [2.75, 3.05) is 13.1 Å². The molecule has 1 aliphatic heterocycles. The van der Waals surface area contributed by atoms with Crippen LogP contribution < -0.4 is 0 Å². The van der Waals surface area contributed by atoms with Crippen molar-refractivity contribution in [2.24, 2.45) is 0 Å². The molecule has 0 unspecified atom stereocenters. The van der Waals surface area contributed by atoms with E-state index in [1.54, 1.807) is 11.0 Å². The Morgan fingerprint density at radius 1 is 1.09 bits per heavy atom. The summed E-state index contributed by atoms with van der Waals surface area (Å²) in [7, 11) is -5.79. The molecule has 0 spiro atoms. The lowest BCUT2D eigenvalue weighted by Gasteiger charge is -2.20. The molecular formula is C13H14F3N3O2S. The first-order chi connectivity index (χ1) is 10.1. The first-order valence-electron chi connectivity index (χ1n) is 6.36. The number of hydrogen-bond acceptors (Lipinski definition) is 5. The van der Waals surface area contributed by atoms with Crippen molar-refractivity contribution >= 4 is 9.84 Å². The SMILES string of the molecule is CC(/C(C#N)=C(\C)N1CCCC1)=C(\C#N)S(=O)(=O)C(F)(F)F. The van der Waals surface area contributed by atoms with E-state index in [0.717, 1.165) is 25.8 Å².